The Bertz CT molecular complexity index is 1230. The Morgan fingerprint density at radius 2 is 1.25 bits per heavy atom. The van der Waals surface area contributed by atoms with E-state index >= 15 is 0 Å². The molecule has 6 heteroatoms. The van der Waals surface area contributed by atoms with Gasteiger partial charge in [0.05, 0.1) is 7.11 Å². The van der Waals surface area contributed by atoms with Crippen LogP contribution in [0.1, 0.15) is 22.3 Å². The summed E-state index contributed by atoms with van der Waals surface area (Å²) < 4.78 is 5.06. The number of amides is 1. The monoisotopic (exact) mass is 517 g/mol. The van der Waals surface area contributed by atoms with Crippen molar-refractivity contribution >= 4 is 35.1 Å². The van der Waals surface area contributed by atoms with Gasteiger partial charge >= 0.3 is 5.97 Å². The summed E-state index contributed by atoms with van der Waals surface area (Å²) in [5.74, 6) is -0.927. The van der Waals surface area contributed by atoms with E-state index in [-0.39, 0.29) is 12.3 Å². The molecule has 0 unspecified atom stereocenters. The van der Waals surface area contributed by atoms with Crippen LogP contribution < -0.4 is 5.32 Å². The average Bonchev–Trinajstić information content (AvgIpc) is 2.91. The first-order valence-corrected chi connectivity index (χ1v) is 12.2. The summed E-state index contributed by atoms with van der Waals surface area (Å²) in [6.07, 6.45) is 0.142. The molecular weight excluding hydrogens is 493 g/mol. The maximum Gasteiger partial charge on any atom is 0.328 e. The molecule has 0 spiro atoms. The largest absolute Gasteiger partial charge is 0.467 e. The highest BCUT2D eigenvalue weighted by molar-refractivity contribution is 6.35. The smallest absolute Gasteiger partial charge is 0.328 e. The molecule has 4 aromatic rings. The minimum atomic E-state index is -1.22. The van der Waals surface area contributed by atoms with Gasteiger partial charge in [0, 0.05) is 16.5 Å². The average molecular weight is 518 g/mol. The van der Waals surface area contributed by atoms with Crippen molar-refractivity contribution in [2.24, 2.45) is 0 Å². The quantitative estimate of drug-likeness (QED) is 0.222. The van der Waals surface area contributed by atoms with Crippen molar-refractivity contribution in [3.05, 3.63) is 141 Å². The molecule has 4 rings (SSSR count). The van der Waals surface area contributed by atoms with E-state index in [9.17, 15) is 9.59 Å². The number of methoxy groups -OCH3 is 1. The lowest BCUT2D eigenvalue weighted by molar-refractivity contribution is -0.145. The molecule has 0 heterocycles. The van der Waals surface area contributed by atoms with Gasteiger partial charge in [-0.1, -0.05) is 120 Å². The molecule has 0 aliphatic rings. The van der Waals surface area contributed by atoms with Crippen molar-refractivity contribution in [1.82, 2.24) is 5.32 Å². The topological polar surface area (TPSA) is 55.4 Å². The molecule has 0 fully saturated rings. The second-order valence-electron chi connectivity index (χ2n) is 8.34. The molecule has 4 aromatic carbocycles. The summed E-state index contributed by atoms with van der Waals surface area (Å²) in [6.45, 7) is 0. The number of nitrogens with one attached hydrogen (secondary N) is 1. The van der Waals surface area contributed by atoms with Crippen LogP contribution in [0.25, 0.3) is 0 Å². The van der Waals surface area contributed by atoms with E-state index in [0.717, 1.165) is 16.7 Å². The van der Waals surface area contributed by atoms with Crippen LogP contribution in [0.2, 0.25) is 10.0 Å². The predicted molar refractivity (Wildman–Crippen MR) is 143 cm³/mol. The number of ether oxygens (including phenoxy) is 1. The minimum absolute atomic E-state index is 0.142. The summed E-state index contributed by atoms with van der Waals surface area (Å²) in [5, 5.41) is 3.88. The first-order chi connectivity index (χ1) is 17.5. The van der Waals surface area contributed by atoms with Crippen molar-refractivity contribution in [2.75, 3.05) is 7.11 Å². The molecule has 1 amide bonds. The number of hydrogen-bond acceptors (Lipinski definition) is 3. The molecule has 1 atom stereocenters. The Kier molecular flexibility index (Phi) is 8.09. The molecule has 0 aromatic heterocycles. The molecule has 0 saturated carbocycles. The van der Waals surface area contributed by atoms with E-state index in [2.05, 4.69) is 5.32 Å². The molecule has 0 saturated heterocycles. The van der Waals surface area contributed by atoms with Crippen LogP contribution in [0.3, 0.4) is 0 Å². The minimum Gasteiger partial charge on any atom is -0.467 e. The van der Waals surface area contributed by atoms with Crippen LogP contribution in [0.5, 0.6) is 0 Å². The Labute approximate surface area is 220 Å². The van der Waals surface area contributed by atoms with Gasteiger partial charge in [0.1, 0.15) is 11.5 Å². The third-order valence-corrected chi connectivity index (χ3v) is 6.78. The zero-order chi connectivity index (χ0) is 25.5. The van der Waals surface area contributed by atoms with Crippen molar-refractivity contribution in [1.29, 1.82) is 0 Å². The van der Waals surface area contributed by atoms with Gasteiger partial charge in [-0.25, -0.2) is 4.79 Å². The fourth-order valence-corrected chi connectivity index (χ4v) is 4.95. The summed E-state index contributed by atoms with van der Waals surface area (Å²) in [4.78, 5) is 27.3. The third kappa shape index (κ3) is 5.15. The van der Waals surface area contributed by atoms with E-state index in [0.29, 0.717) is 15.6 Å². The first kappa shape index (κ1) is 25.5. The second-order valence-corrected chi connectivity index (χ2v) is 9.18. The van der Waals surface area contributed by atoms with E-state index in [1.54, 1.807) is 18.2 Å². The normalized spacial score (nSPS) is 12.0. The molecule has 36 heavy (non-hydrogen) atoms. The SMILES string of the molecule is COC(=O)[C@H](Cc1ccc(Cl)cc1Cl)NC(=O)C(c1ccccc1)(c1ccccc1)c1ccccc1. The fourth-order valence-electron chi connectivity index (χ4n) is 4.47. The van der Waals surface area contributed by atoms with Crippen molar-refractivity contribution in [2.45, 2.75) is 17.9 Å². The third-order valence-electron chi connectivity index (χ3n) is 6.19. The number of hydrogen-bond donors (Lipinski definition) is 1. The van der Waals surface area contributed by atoms with Crippen LogP contribution in [0.4, 0.5) is 0 Å². The summed E-state index contributed by atoms with van der Waals surface area (Å²) >= 11 is 12.4. The van der Waals surface area contributed by atoms with Gasteiger partial charge in [0.25, 0.3) is 0 Å². The van der Waals surface area contributed by atoms with Crippen LogP contribution >= 0.6 is 23.2 Å². The Balaban J connectivity index is 1.85. The van der Waals surface area contributed by atoms with Crippen molar-refractivity contribution in [3.63, 3.8) is 0 Å². The lowest BCUT2D eigenvalue weighted by Crippen LogP contribution is -2.52. The summed E-state index contributed by atoms with van der Waals surface area (Å²) in [7, 11) is 1.30. The molecule has 1 N–H and O–H groups in total. The number of rotatable bonds is 8. The molecule has 0 aliphatic heterocycles. The van der Waals surface area contributed by atoms with Gasteiger partial charge in [0.15, 0.2) is 0 Å². The highest BCUT2D eigenvalue weighted by Crippen LogP contribution is 2.39. The van der Waals surface area contributed by atoms with Gasteiger partial charge in [0.2, 0.25) is 5.91 Å². The standard InChI is InChI=1S/C30H25Cl2NO3/c1-36-28(34)27(19-21-17-18-25(31)20-26(21)32)33-29(35)30(22-11-5-2-6-12-22,23-13-7-3-8-14-23)24-15-9-4-10-16-24/h2-18,20,27H,19H2,1H3,(H,33,35)/t27-/m0/s1. The summed E-state index contributed by atoms with van der Waals surface area (Å²) in [6, 6.07) is 32.7. The molecule has 4 nitrogen and oxygen atoms in total. The first-order valence-electron chi connectivity index (χ1n) is 11.5. The number of carbonyl (C=O) groups excluding carboxylic acids is 2. The molecular formula is C30H25Cl2NO3. The van der Waals surface area contributed by atoms with Gasteiger partial charge in [-0.2, -0.15) is 0 Å². The molecule has 0 aliphatic carbocycles. The predicted octanol–water partition coefficient (Wildman–Crippen LogP) is 6.23. The van der Waals surface area contributed by atoms with Crippen LogP contribution in [-0.4, -0.2) is 25.0 Å². The van der Waals surface area contributed by atoms with E-state index < -0.39 is 17.4 Å². The lowest BCUT2D eigenvalue weighted by atomic mass is 9.68. The second kappa shape index (κ2) is 11.4. The Morgan fingerprint density at radius 1 is 0.778 bits per heavy atom. The summed E-state index contributed by atoms with van der Waals surface area (Å²) in [5.41, 5.74) is 1.76. The van der Waals surface area contributed by atoms with Gasteiger partial charge in [-0.15, -0.1) is 0 Å². The van der Waals surface area contributed by atoms with Gasteiger partial charge in [-0.05, 0) is 34.4 Å². The lowest BCUT2D eigenvalue weighted by Gasteiger charge is -2.35. The van der Waals surface area contributed by atoms with Crippen LogP contribution in [0.15, 0.2) is 109 Å². The maximum atomic E-state index is 14.5. The van der Waals surface area contributed by atoms with Crippen LogP contribution in [0, 0.1) is 0 Å². The van der Waals surface area contributed by atoms with Crippen LogP contribution in [-0.2, 0) is 26.2 Å². The Morgan fingerprint density at radius 3 is 1.67 bits per heavy atom. The Hall–Kier alpha value is -3.60. The molecule has 182 valence electrons. The van der Waals surface area contributed by atoms with Gasteiger partial charge < -0.3 is 10.1 Å². The highest BCUT2D eigenvalue weighted by Gasteiger charge is 2.45. The molecule has 0 bridgehead atoms. The van der Waals surface area contributed by atoms with Gasteiger partial charge in [-0.3, -0.25) is 4.79 Å². The van der Waals surface area contributed by atoms with Crippen molar-refractivity contribution in [3.8, 4) is 0 Å². The number of carbonyl (C=O) groups is 2. The maximum absolute atomic E-state index is 14.5. The number of benzene rings is 4. The van der Waals surface area contributed by atoms with E-state index in [1.807, 2.05) is 91.0 Å². The highest BCUT2D eigenvalue weighted by atomic mass is 35.5. The fraction of sp³-hybridized carbons (Fsp3) is 0.133. The number of halogens is 2. The zero-order valence-corrected chi connectivity index (χ0v) is 21.2. The van der Waals surface area contributed by atoms with E-state index in [4.69, 9.17) is 27.9 Å². The zero-order valence-electron chi connectivity index (χ0n) is 19.7. The number of esters is 1. The van der Waals surface area contributed by atoms with Crippen molar-refractivity contribution < 1.29 is 14.3 Å². The molecule has 0 radical (unpaired) electrons. The van der Waals surface area contributed by atoms with E-state index in [1.165, 1.54) is 7.11 Å².